The van der Waals surface area contributed by atoms with Gasteiger partial charge >= 0.3 is 6.09 Å². The highest BCUT2D eigenvalue weighted by molar-refractivity contribution is 6.22. The van der Waals surface area contributed by atoms with Gasteiger partial charge in [0.25, 0.3) is 0 Å². The van der Waals surface area contributed by atoms with Crippen molar-refractivity contribution in [2.24, 2.45) is 4.99 Å². The van der Waals surface area contributed by atoms with Crippen molar-refractivity contribution in [1.82, 2.24) is 5.32 Å². The van der Waals surface area contributed by atoms with Crippen LogP contribution in [0, 0.1) is 11.8 Å². The number of methoxy groups -OCH3 is 2. The van der Waals surface area contributed by atoms with Gasteiger partial charge in [-0.25, -0.2) is 4.79 Å². The molecule has 0 fully saturated rings. The average molecular weight is 540 g/mol. The number of benzodiazepines with no additional fused rings is 1. The van der Waals surface area contributed by atoms with Crippen LogP contribution in [-0.4, -0.2) is 57.7 Å². The highest BCUT2D eigenvalue weighted by Crippen LogP contribution is 2.47. The molecule has 40 heavy (non-hydrogen) atoms. The Morgan fingerprint density at radius 1 is 1.00 bits per heavy atom. The molecule has 8 nitrogen and oxygen atoms in total. The molecule has 2 amide bonds. The molecule has 0 radical (unpaired) electrons. The molecule has 1 aliphatic heterocycles. The molecule has 0 aliphatic carbocycles. The van der Waals surface area contributed by atoms with E-state index in [1.54, 1.807) is 46.9 Å². The molecular formula is C32H33N3O5. The first-order chi connectivity index (χ1) is 19.1. The summed E-state index contributed by atoms with van der Waals surface area (Å²) in [6.45, 7) is 5.52. The third kappa shape index (κ3) is 6.26. The lowest BCUT2D eigenvalue weighted by molar-refractivity contribution is -0.116. The lowest BCUT2D eigenvalue weighted by Crippen LogP contribution is -2.32. The van der Waals surface area contributed by atoms with Crippen LogP contribution in [0.2, 0.25) is 0 Å². The van der Waals surface area contributed by atoms with Gasteiger partial charge in [-0.3, -0.25) is 9.79 Å². The van der Waals surface area contributed by atoms with Gasteiger partial charge < -0.3 is 24.4 Å². The van der Waals surface area contributed by atoms with Gasteiger partial charge in [0.15, 0.2) is 0 Å². The molecule has 0 unspecified atom stereocenters. The number of anilines is 1. The molecule has 1 heterocycles. The molecule has 8 heteroatoms. The van der Waals surface area contributed by atoms with E-state index >= 15 is 0 Å². The molecule has 0 aromatic heterocycles. The van der Waals surface area contributed by atoms with Crippen molar-refractivity contribution in [2.75, 3.05) is 39.3 Å². The molecule has 3 aromatic rings. The molecule has 1 aliphatic rings. The first-order valence-corrected chi connectivity index (χ1v) is 12.8. The van der Waals surface area contributed by atoms with Crippen LogP contribution in [0.5, 0.6) is 11.5 Å². The predicted octanol–water partition coefficient (Wildman–Crippen LogP) is 5.06. The monoisotopic (exact) mass is 539 g/mol. The lowest BCUT2D eigenvalue weighted by Gasteiger charge is -2.24. The van der Waals surface area contributed by atoms with Crippen LogP contribution in [-0.2, 0) is 9.53 Å². The van der Waals surface area contributed by atoms with Crippen molar-refractivity contribution >= 4 is 23.4 Å². The Morgan fingerprint density at radius 3 is 2.40 bits per heavy atom. The second-order valence-corrected chi connectivity index (χ2v) is 10.1. The highest BCUT2D eigenvalue weighted by atomic mass is 16.6. The molecule has 0 atom stereocenters. The predicted molar refractivity (Wildman–Crippen MR) is 156 cm³/mol. The van der Waals surface area contributed by atoms with E-state index in [1.165, 1.54) is 0 Å². The fourth-order valence-electron chi connectivity index (χ4n) is 4.38. The number of nitrogens with zero attached hydrogens (tertiary/aromatic N) is 2. The second kappa shape index (κ2) is 12.0. The number of hydrogen-bond acceptors (Lipinski definition) is 6. The molecular weight excluding hydrogens is 506 g/mol. The minimum atomic E-state index is -0.581. The Labute approximate surface area is 235 Å². The first-order valence-electron chi connectivity index (χ1n) is 12.8. The van der Waals surface area contributed by atoms with Crippen LogP contribution >= 0.6 is 0 Å². The zero-order chi connectivity index (χ0) is 28.9. The van der Waals surface area contributed by atoms with E-state index in [0.29, 0.717) is 28.5 Å². The number of nitrogens with one attached hydrogen (secondary N) is 1. The maximum absolute atomic E-state index is 13.0. The van der Waals surface area contributed by atoms with Crippen molar-refractivity contribution in [1.29, 1.82) is 0 Å². The highest BCUT2D eigenvalue weighted by Gasteiger charge is 2.30. The van der Waals surface area contributed by atoms with Crippen LogP contribution in [0.4, 0.5) is 10.5 Å². The number of carbonyl (C=O) groups excluding carboxylic acids is 2. The van der Waals surface area contributed by atoms with Gasteiger partial charge in [-0.05, 0) is 38.5 Å². The summed E-state index contributed by atoms with van der Waals surface area (Å²) in [5, 5.41) is 2.64. The number of ether oxygens (including phenoxy) is 3. The van der Waals surface area contributed by atoms with Crippen LogP contribution in [0.3, 0.4) is 0 Å². The SMILES string of the molecule is COc1cc2c(c(OC)c1-c1ccccc1)C(c1cccc(C#CCNC(=O)OC(C)(C)C)c1)=NCC(=O)N2C. The van der Waals surface area contributed by atoms with Crippen molar-refractivity contribution in [3.8, 4) is 34.5 Å². The van der Waals surface area contributed by atoms with Crippen LogP contribution in [0.1, 0.15) is 37.5 Å². The molecule has 206 valence electrons. The summed E-state index contributed by atoms with van der Waals surface area (Å²) in [7, 11) is 4.92. The van der Waals surface area contributed by atoms with Crippen LogP contribution in [0.25, 0.3) is 11.1 Å². The molecule has 0 bridgehead atoms. The summed E-state index contributed by atoms with van der Waals surface area (Å²) in [4.78, 5) is 31.2. The van der Waals surface area contributed by atoms with Gasteiger partial charge in [0, 0.05) is 24.2 Å². The summed E-state index contributed by atoms with van der Waals surface area (Å²) < 4.78 is 17.0. The second-order valence-electron chi connectivity index (χ2n) is 10.1. The smallest absolute Gasteiger partial charge is 0.408 e. The zero-order valence-electron chi connectivity index (χ0n) is 23.6. The fraction of sp³-hybridized carbons (Fsp3) is 0.281. The quantitative estimate of drug-likeness (QED) is 0.458. The van der Waals surface area contributed by atoms with Crippen molar-refractivity contribution in [3.63, 3.8) is 0 Å². The minimum Gasteiger partial charge on any atom is -0.496 e. The van der Waals surface area contributed by atoms with E-state index in [0.717, 1.165) is 22.3 Å². The molecule has 0 saturated heterocycles. The van der Waals surface area contributed by atoms with E-state index in [4.69, 9.17) is 19.2 Å². The number of alkyl carbamates (subject to hydrolysis) is 1. The van der Waals surface area contributed by atoms with E-state index in [2.05, 4.69) is 17.2 Å². The molecule has 0 spiro atoms. The van der Waals surface area contributed by atoms with E-state index < -0.39 is 11.7 Å². The molecule has 4 rings (SSSR count). The average Bonchev–Trinajstić information content (AvgIpc) is 3.05. The molecule has 3 aromatic carbocycles. The fourth-order valence-corrected chi connectivity index (χ4v) is 4.38. The third-order valence-electron chi connectivity index (χ3n) is 6.14. The number of fused-ring (bicyclic) bond motifs is 1. The number of aliphatic imine (C=N–C) groups is 1. The van der Waals surface area contributed by atoms with Gasteiger partial charge in [0.1, 0.15) is 23.6 Å². The van der Waals surface area contributed by atoms with Crippen LogP contribution in [0.15, 0.2) is 65.7 Å². The summed E-state index contributed by atoms with van der Waals surface area (Å²) in [5.74, 6) is 7.02. The largest absolute Gasteiger partial charge is 0.496 e. The Kier molecular flexibility index (Phi) is 8.44. The summed E-state index contributed by atoms with van der Waals surface area (Å²) in [5.41, 5.74) is 4.53. The minimum absolute atomic E-state index is 0.0254. The van der Waals surface area contributed by atoms with Gasteiger partial charge in [0.05, 0.1) is 43.3 Å². The standard InChI is InChI=1S/C32H33N3O5/c1-32(2,3)40-31(37)33-17-11-13-21-12-10-16-23(18-21)29-28-24(35(4)26(36)20-34-29)19-25(38-5)27(30(28)39-6)22-14-8-7-9-15-22/h7-10,12,14-16,18-19H,17,20H2,1-6H3,(H,33,37). The lowest BCUT2D eigenvalue weighted by atomic mass is 9.92. The Bertz CT molecular complexity index is 1510. The Hall–Kier alpha value is -4.77. The number of likely N-dealkylation sites (N-methyl/N-ethyl adjacent to an activating group) is 1. The van der Waals surface area contributed by atoms with Crippen molar-refractivity contribution < 1.29 is 23.8 Å². The van der Waals surface area contributed by atoms with Gasteiger partial charge in [-0.15, -0.1) is 0 Å². The van der Waals surface area contributed by atoms with Crippen molar-refractivity contribution in [2.45, 2.75) is 26.4 Å². The topological polar surface area (TPSA) is 89.5 Å². The molecule has 0 saturated carbocycles. The number of carbonyl (C=O) groups is 2. The van der Waals surface area contributed by atoms with E-state index in [-0.39, 0.29) is 19.0 Å². The van der Waals surface area contributed by atoms with Gasteiger partial charge in [-0.1, -0.05) is 54.3 Å². The normalized spacial score (nSPS) is 12.8. The number of rotatable bonds is 5. The van der Waals surface area contributed by atoms with Gasteiger partial charge in [0.2, 0.25) is 5.91 Å². The summed E-state index contributed by atoms with van der Waals surface area (Å²) >= 11 is 0. The van der Waals surface area contributed by atoms with E-state index in [1.807, 2.05) is 60.7 Å². The third-order valence-corrected chi connectivity index (χ3v) is 6.14. The first kappa shape index (κ1) is 28.2. The summed E-state index contributed by atoms with van der Waals surface area (Å²) in [6.07, 6.45) is -0.523. The van der Waals surface area contributed by atoms with Crippen molar-refractivity contribution in [3.05, 3.63) is 77.4 Å². The Balaban J connectivity index is 1.78. The van der Waals surface area contributed by atoms with E-state index in [9.17, 15) is 9.59 Å². The van der Waals surface area contributed by atoms with Gasteiger partial charge in [-0.2, -0.15) is 0 Å². The number of amides is 2. The maximum Gasteiger partial charge on any atom is 0.408 e. The maximum atomic E-state index is 13.0. The molecule has 1 N–H and O–H groups in total. The zero-order valence-corrected chi connectivity index (χ0v) is 23.6. The van der Waals surface area contributed by atoms with Crippen LogP contribution < -0.4 is 19.7 Å². The number of benzene rings is 3. The summed E-state index contributed by atoms with van der Waals surface area (Å²) in [6, 6.07) is 19.3. The Morgan fingerprint density at radius 2 is 1.73 bits per heavy atom. The number of hydrogen-bond donors (Lipinski definition) is 1.